The van der Waals surface area contributed by atoms with E-state index in [-0.39, 0.29) is 16.0 Å². The van der Waals surface area contributed by atoms with Crippen molar-refractivity contribution >= 4 is 33.2 Å². The molecule has 0 saturated carbocycles. The first-order valence-corrected chi connectivity index (χ1v) is 12.0. The summed E-state index contributed by atoms with van der Waals surface area (Å²) in [5.74, 6) is 0. The first kappa shape index (κ1) is 21.3. The Labute approximate surface area is 187 Å². The summed E-state index contributed by atoms with van der Waals surface area (Å²) >= 11 is 12.2. The first-order chi connectivity index (χ1) is 14.5. The Morgan fingerprint density at radius 1 is 0.700 bits per heavy atom. The van der Waals surface area contributed by atoms with E-state index in [1.54, 1.807) is 24.3 Å². The van der Waals surface area contributed by atoms with Gasteiger partial charge in [0.05, 0.1) is 11.1 Å². The van der Waals surface area contributed by atoms with Crippen molar-refractivity contribution in [2.45, 2.75) is 10.9 Å². The van der Waals surface area contributed by atoms with Gasteiger partial charge in [0.2, 0.25) is 10.0 Å². The number of nitrogens with zero attached hydrogens (tertiary/aromatic N) is 2. The molecule has 7 heteroatoms. The summed E-state index contributed by atoms with van der Waals surface area (Å²) in [7, 11) is -3.62. The van der Waals surface area contributed by atoms with Crippen LogP contribution in [0.3, 0.4) is 0 Å². The minimum atomic E-state index is -3.62. The minimum absolute atomic E-state index is 0.0358. The minimum Gasteiger partial charge on any atom is -0.290 e. The smallest absolute Gasteiger partial charge is 0.244 e. The molecule has 3 aromatic carbocycles. The highest BCUT2D eigenvalue weighted by atomic mass is 35.5. The van der Waals surface area contributed by atoms with Gasteiger partial charge in [-0.2, -0.15) is 4.31 Å². The highest BCUT2D eigenvalue weighted by Gasteiger charge is 2.33. The molecule has 0 N–H and O–H groups in total. The lowest BCUT2D eigenvalue weighted by Crippen LogP contribution is -2.49. The van der Waals surface area contributed by atoms with Crippen LogP contribution in [0.15, 0.2) is 83.8 Å². The lowest BCUT2D eigenvalue weighted by atomic mass is 9.96. The van der Waals surface area contributed by atoms with Crippen molar-refractivity contribution in [1.29, 1.82) is 0 Å². The zero-order valence-electron chi connectivity index (χ0n) is 16.3. The van der Waals surface area contributed by atoms with E-state index in [1.165, 1.54) is 9.87 Å². The highest BCUT2D eigenvalue weighted by Crippen LogP contribution is 2.32. The molecule has 1 heterocycles. The number of halogens is 2. The first-order valence-electron chi connectivity index (χ1n) is 9.76. The fourth-order valence-corrected chi connectivity index (χ4v) is 5.93. The van der Waals surface area contributed by atoms with Crippen LogP contribution >= 0.6 is 23.2 Å². The van der Waals surface area contributed by atoms with Gasteiger partial charge < -0.3 is 0 Å². The molecule has 1 atom stereocenters. The van der Waals surface area contributed by atoms with Crippen LogP contribution in [-0.2, 0) is 10.0 Å². The van der Waals surface area contributed by atoms with Gasteiger partial charge in [-0.25, -0.2) is 8.42 Å². The maximum Gasteiger partial charge on any atom is 0.244 e. The van der Waals surface area contributed by atoms with Gasteiger partial charge in [-0.15, -0.1) is 0 Å². The molecule has 0 amide bonds. The highest BCUT2D eigenvalue weighted by molar-refractivity contribution is 7.89. The molecule has 30 heavy (non-hydrogen) atoms. The molecular formula is C23H22Cl2N2O2S. The van der Waals surface area contributed by atoms with Gasteiger partial charge in [-0.3, -0.25) is 4.90 Å². The predicted molar refractivity (Wildman–Crippen MR) is 122 cm³/mol. The van der Waals surface area contributed by atoms with Crippen LogP contribution in [0.5, 0.6) is 0 Å². The largest absolute Gasteiger partial charge is 0.290 e. The normalized spacial score (nSPS) is 17.0. The van der Waals surface area contributed by atoms with Crippen molar-refractivity contribution in [2.75, 3.05) is 26.2 Å². The number of sulfonamides is 1. The van der Waals surface area contributed by atoms with E-state index < -0.39 is 10.0 Å². The Morgan fingerprint density at radius 3 is 1.90 bits per heavy atom. The summed E-state index contributed by atoms with van der Waals surface area (Å²) < 4.78 is 27.7. The Hall–Kier alpha value is -1.89. The second-order valence-corrected chi connectivity index (χ2v) is 9.99. The van der Waals surface area contributed by atoms with E-state index in [4.69, 9.17) is 23.2 Å². The van der Waals surface area contributed by atoms with Gasteiger partial charge in [-0.1, -0.05) is 77.8 Å². The summed E-state index contributed by atoms with van der Waals surface area (Å²) in [4.78, 5) is 2.48. The van der Waals surface area contributed by atoms with Crippen LogP contribution in [-0.4, -0.2) is 43.8 Å². The standard InChI is InChI=1S/C23H22Cl2N2O2S/c24-20-12-10-19(11-13-20)23(18-6-2-1-3-7-18)26-14-16-27(17-15-26)30(28,29)22-9-5-4-8-21(22)25/h1-13,23H,14-17H2. The van der Waals surface area contributed by atoms with Gasteiger partial charge in [0.25, 0.3) is 0 Å². The SMILES string of the molecule is O=S(=O)(c1ccccc1Cl)N1CCN(C(c2ccccc2)c2ccc(Cl)cc2)CC1. The lowest BCUT2D eigenvalue weighted by molar-refractivity contribution is 0.156. The van der Waals surface area contributed by atoms with Crippen LogP contribution in [0.2, 0.25) is 10.0 Å². The summed E-state index contributed by atoms with van der Waals surface area (Å²) in [6.45, 7) is 2.05. The Kier molecular flexibility index (Phi) is 6.46. The Bertz CT molecular complexity index is 1100. The number of piperazine rings is 1. The van der Waals surface area contributed by atoms with Gasteiger partial charge >= 0.3 is 0 Å². The van der Waals surface area contributed by atoms with Crippen LogP contribution in [0.25, 0.3) is 0 Å². The molecule has 1 aliphatic rings. The monoisotopic (exact) mass is 460 g/mol. The van der Waals surface area contributed by atoms with Gasteiger partial charge in [0.15, 0.2) is 0 Å². The van der Waals surface area contributed by atoms with E-state index in [1.807, 2.05) is 42.5 Å². The molecule has 0 aliphatic carbocycles. The summed E-state index contributed by atoms with van der Waals surface area (Å²) in [5, 5.41) is 0.949. The van der Waals surface area contributed by atoms with Crippen molar-refractivity contribution in [2.24, 2.45) is 0 Å². The zero-order chi connectivity index (χ0) is 21.1. The quantitative estimate of drug-likeness (QED) is 0.532. The Balaban J connectivity index is 1.57. The average Bonchev–Trinajstić information content (AvgIpc) is 2.77. The van der Waals surface area contributed by atoms with E-state index in [0.29, 0.717) is 31.2 Å². The molecule has 156 valence electrons. The second-order valence-electron chi connectivity index (χ2n) is 7.24. The Morgan fingerprint density at radius 2 is 1.27 bits per heavy atom. The predicted octanol–water partition coefficient (Wildman–Crippen LogP) is 5.09. The van der Waals surface area contributed by atoms with Gasteiger partial charge in [-0.05, 0) is 35.4 Å². The van der Waals surface area contributed by atoms with Crippen LogP contribution in [0.4, 0.5) is 0 Å². The van der Waals surface area contributed by atoms with E-state index in [0.717, 1.165) is 5.56 Å². The third-order valence-electron chi connectivity index (χ3n) is 5.39. The third-order valence-corrected chi connectivity index (χ3v) is 8.04. The molecular weight excluding hydrogens is 439 g/mol. The molecule has 1 fully saturated rings. The molecule has 3 aromatic rings. The van der Waals surface area contributed by atoms with Crippen LogP contribution in [0.1, 0.15) is 17.2 Å². The molecule has 1 unspecified atom stereocenters. The second kappa shape index (κ2) is 9.08. The maximum atomic E-state index is 13.1. The van der Waals surface area contributed by atoms with Crippen molar-refractivity contribution in [1.82, 2.24) is 9.21 Å². The number of benzene rings is 3. The van der Waals surface area contributed by atoms with E-state index in [2.05, 4.69) is 17.0 Å². The summed E-state index contributed by atoms with van der Waals surface area (Å²) in [6, 6.07) is 24.7. The van der Waals surface area contributed by atoms with E-state index >= 15 is 0 Å². The third kappa shape index (κ3) is 4.41. The number of hydrogen-bond acceptors (Lipinski definition) is 3. The van der Waals surface area contributed by atoms with Crippen LogP contribution < -0.4 is 0 Å². The molecule has 0 spiro atoms. The van der Waals surface area contributed by atoms with Gasteiger partial charge in [0, 0.05) is 31.2 Å². The molecule has 4 nitrogen and oxygen atoms in total. The fourth-order valence-electron chi connectivity index (χ4n) is 3.89. The zero-order valence-corrected chi connectivity index (χ0v) is 18.6. The van der Waals surface area contributed by atoms with E-state index in [9.17, 15) is 8.42 Å². The summed E-state index contributed by atoms with van der Waals surface area (Å²) in [5.41, 5.74) is 2.30. The van der Waals surface area contributed by atoms with Crippen molar-refractivity contribution in [3.8, 4) is 0 Å². The van der Waals surface area contributed by atoms with Gasteiger partial charge in [0.1, 0.15) is 4.90 Å². The number of hydrogen-bond donors (Lipinski definition) is 0. The fraction of sp³-hybridized carbons (Fsp3) is 0.217. The summed E-state index contributed by atoms with van der Waals surface area (Å²) in [6.07, 6.45) is 0. The van der Waals surface area contributed by atoms with Crippen molar-refractivity contribution in [3.63, 3.8) is 0 Å². The van der Waals surface area contributed by atoms with Crippen molar-refractivity contribution in [3.05, 3.63) is 100 Å². The molecule has 0 bridgehead atoms. The number of rotatable bonds is 5. The van der Waals surface area contributed by atoms with Crippen molar-refractivity contribution < 1.29 is 8.42 Å². The van der Waals surface area contributed by atoms with Crippen LogP contribution in [0, 0.1) is 0 Å². The molecule has 0 radical (unpaired) electrons. The lowest BCUT2D eigenvalue weighted by Gasteiger charge is -2.39. The molecule has 4 rings (SSSR count). The average molecular weight is 461 g/mol. The topological polar surface area (TPSA) is 40.6 Å². The molecule has 1 aliphatic heterocycles. The molecule has 0 aromatic heterocycles. The maximum absolute atomic E-state index is 13.1. The molecule has 1 saturated heterocycles.